The normalized spacial score (nSPS) is 33.7. The van der Waals surface area contributed by atoms with Gasteiger partial charge in [-0.25, -0.2) is 4.39 Å². The SMILES string of the molecule is Cc1cc(C2(N)CCCC(C)C2C)ccc1F. The average Bonchev–Trinajstić information content (AvgIpc) is 2.29. The first-order chi connectivity index (χ1) is 7.95. The van der Waals surface area contributed by atoms with Crippen molar-refractivity contribution in [1.29, 1.82) is 0 Å². The summed E-state index contributed by atoms with van der Waals surface area (Å²) in [7, 11) is 0. The molecular formula is C15H22FN. The van der Waals surface area contributed by atoms with E-state index >= 15 is 0 Å². The van der Waals surface area contributed by atoms with Gasteiger partial charge in [0, 0.05) is 5.54 Å². The van der Waals surface area contributed by atoms with Gasteiger partial charge in [0.25, 0.3) is 0 Å². The van der Waals surface area contributed by atoms with Gasteiger partial charge in [-0.2, -0.15) is 0 Å². The van der Waals surface area contributed by atoms with Crippen molar-refractivity contribution in [3.63, 3.8) is 0 Å². The Kier molecular flexibility index (Phi) is 3.26. The first kappa shape index (κ1) is 12.6. The first-order valence-corrected chi connectivity index (χ1v) is 6.50. The van der Waals surface area contributed by atoms with Gasteiger partial charge in [-0.05, 0) is 42.4 Å². The Morgan fingerprint density at radius 3 is 2.71 bits per heavy atom. The number of hydrogen-bond donors (Lipinski definition) is 1. The maximum atomic E-state index is 13.3. The van der Waals surface area contributed by atoms with Gasteiger partial charge in [0.05, 0.1) is 0 Å². The quantitative estimate of drug-likeness (QED) is 0.788. The number of rotatable bonds is 1. The molecule has 0 aromatic heterocycles. The zero-order valence-electron chi connectivity index (χ0n) is 11.0. The van der Waals surface area contributed by atoms with E-state index < -0.39 is 0 Å². The molecule has 0 heterocycles. The van der Waals surface area contributed by atoms with Crippen molar-refractivity contribution >= 4 is 0 Å². The summed E-state index contributed by atoms with van der Waals surface area (Å²) in [5.74, 6) is 0.939. The second-order valence-corrected chi connectivity index (χ2v) is 5.66. The van der Waals surface area contributed by atoms with E-state index in [0.29, 0.717) is 17.4 Å². The highest BCUT2D eigenvalue weighted by molar-refractivity contribution is 5.31. The fraction of sp³-hybridized carbons (Fsp3) is 0.600. The summed E-state index contributed by atoms with van der Waals surface area (Å²) in [6, 6.07) is 5.33. The molecule has 0 spiro atoms. The maximum Gasteiger partial charge on any atom is 0.126 e. The topological polar surface area (TPSA) is 26.0 Å². The third-order valence-corrected chi connectivity index (χ3v) is 4.61. The van der Waals surface area contributed by atoms with Crippen molar-refractivity contribution in [3.05, 3.63) is 35.1 Å². The smallest absolute Gasteiger partial charge is 0.126 e. The third-order valence-electron chi connectivity index (χ3n) is 4.61. The summed E-state index contributed by atoms with van der Waals surface area (Å²) >= 11 is 0. The van der Waals surface area contributed by atoms with E-state index in [4.69, 9.17) is 5.73 Å². The molecule has 2 heteroatoms. The van der Waals surface area contributed by atoms with Gasteiger partial charge in [-0.15, -0.1) is 0 Å². The Bertz CT molecular complexity index is 415. The molecule has 94 valence electrons. The van der Waals surface area contributed by atoms with Crippen molar-refractivity contribution in [2.75, 3.05) is 0 Å². The highest BCUT2D eigenvalue weighted by Gasteiger charge is 2.39. The highest BCUT2D eigenvalue weighted by atomic mass is 19.1. The fourth-order valence-corrected chi connectivity index (χ4v) is 3.04. The van der Waals surface area contributed by atoms with Crippen molar-refractivity contribution < 1.29 is 4.39 Å². The summed E-state index contributed by atoms with van der Waals surface area (Å²) in [6.45, 7) is 6.30. The van der Waals surface area contributed by atoms with Crippen LogP contribution >= 0.6 is 0 Å². The van der Waals surface area contributed by atoms with E-state index in [2.05, 4.69) is 13.8 Å². The zero-order valence-corrected chi connectivity index (χ0v) is 11.0. The Morgan fingerprint density at radius 2 is 2.06 bits per heavy atom. The number of aryl methyl sites for hydroxylation is 1. The largest absolute Gasteiger partial charge is 0.321 e. The molecule has 0 radical (unpaired) electrons. The number of hydrogen-bond acceptors (Lipinski definition) is 1. The van der Waals surface area contributed by atoms with Gasteiger partial charge in [0.1, 0.15) is 5.82 Å². The van der Waals surface area contributed by atoms with Crippen LogP contribution in [-0.2, 0) is 5.54 Å². The highest BCUT2D eigenvalue weighted by Crippen LogP contribution is 2.42. The molecule has 1 aromatic rings. The lowest BCUT2D eigenvalue weighted by molar-refractivity contribution is 0.143. The summed E-state index contributed by atoms with van der Waals surface area (Å²) in [6.07, 6.45) is 3.42. The molecule has 1 saturated carbocycles. The van der Waals surface area contributed by atoms with Gasteiger partial charge in [-0.1, -0.05) is 38.8 Å². The molecule has 0 saturated heterocycles. The predicted molar refractivity (Wildman–Crippen MR) is 69.2 cm³/mol. The molecule has 3 unspecified atom stereocenters. The summed E-state index contributed by atoms with van der Waals surface area (Å²) in [4.78, 5) is 0. The Balaban J connectivity index is 2.39. The Labute approximate surface area is 103 Å². The van der Waals surface area contributed by atoms with Crippen LogP contribution in [0.15, 0.2) is 18.2 Å². The maximum absolute atomic E-state index is 13.3. The Morgan fingerprint density at radius 1 is 1.35 bits per heavy atom. The molecule has 1 aliphatic carbocycles. The van der Waals surface area contributed by atoms with E-state index in [0.717, 1.165) is 12.0 Å². The number of benzene rings is 1. The van der Waals surface area contributed by atoms with E-state index in [9.17, 15) is 4.39 Å². The van der Waals surface area contributed by atoms with Gasteiger partial charge in [0.15, 0.2) is 0 Å². The Hall–Kier alpha value is -0.890. The summed E-state index contributed by atoms with van der Waals surface area (Å²) in [5, 5.41) is 0. The molecule has 1 aromatic carbocycles. The van der Waals surface area contributed by atoms with Crippen molar-refractivity contribution in [2.24, 2.45) is 17.6 Å². The minimum atomic E-state index is -0.282. The van der Waals surface area contributed by atoms with Crippen LogP contribution in [0, 0.1) is 24.6 Å². The standard InChI is InChI=1S/C15H22FN/c1-10-5-4-8-15(17,12(10)3)13-6-7-14(16)11(2)9-13/h6-7,9-10,12H,4-5,8,17H2,1-3H3. The molecule has 0 aliphatic heterocycles. The lowest BCUT2D eigenvalue weighted by Gasteiger charge is -2.43. The molecule has 3 atom stereocenters. The second-order valence-electron chi connectivity index (χ2n) is 5.66. The van der Waals surface area contributed by atoms with Gasteiger partial charge < -0.3 is 5.73 Å². The molecule has 1 aliphatic rings. The molecule has 2 rings (SSSR count). The molecule has 0 amide bonds. The van der Waals surface area contributed by atoms with Crippen LogP contribution in [0.5, 0.6) is 0 Å². The van der Waals surface area contributed by atoms with Crippen LogP contribution in [0.3, 0.4) is 0 Å². The monoisotopic (exact) mass is 235 g/mol. The van der Waals surface area contributed by atoms with Gasteiger partial charge >= 0.3 is 0 Å². The summed E-state index contributed by atoms with van der Waals surface area (Å²) in [5.41, 5.74) is 8.11. The lowest BCUT2D eigenvalue weighted by atomic mass is 9.66. The zero-order chi connectivity index (χ0) is 12.6. The van der Waals surface area contributed by atoms with Crippen LogP contribution < -0.4 is 5.73 Å². The minimum Gasteiger partial charge on any atom is -0.321 e. The molecule has 17 heavy (non-hydrogen) atoms. The lowest BCUT2D eigenvalue weighted by Crippen LogP contribution is -2.48. The van der Waals surface area contributed by atoms with Crippen molar-refractivity contribution in [1.82, 2.24) is 0 Å². The molecule has 0 bridgehead atoms. The molecular weight excluding hydrogens is 213 g/mol. The third kappa shape index (κ3) is 2.11. The fourth-order valence-electron chi connectivity index (χ4n) is 3.04. The van der Waals surface area contributed by atoms with Crippen molar-refractivity contribution in [3.8, 4) is 0 Å². The summed E-state index contributed by atoms with van der Waals surface area (Å²) < 4.78 is 13.3. The molecule has 2 N–H and O–H groups in total. The average molecular weight is 235 g/mol. The van der Waals surface area contributed by atoms with E-state index in [1.807, 2.05) is 12.1 Å². The predicted octanol–water partition coefficient (Wildman–Crippen LogP) is 3.74. The van der Waals surface area contributed by atoms with E-state index in [1.54, 1.807) is 13.0 Å². The first-order valence-electron chi connectivity index (χ1n) is 6.50. The van der Waals surface area contributed by atoms with Crippen LogP contribution in [0.4, 0.5) is 4.39 Å². The van der Waals surface area contributed by atoms with Crippen LogP contribution in [0.2, 0.25) is 0 Å². The van der Waals surface area contributed by atoms with Gasteiger partial charge in [0.2, 0.25) is 0 Å². The molecule has 1 nitrogen and oxygen atoms in total. The van der Waals surface area contributed by atoms with Crippen LogP contribution in [0.1, 0.15) is 44.2 Å². The number of nitrogens with two attached hydrogens (primary N) is 1. The molecule has 1 fully saturated rings. The van der Waals surface area contributed by atoms with Crippen LogP contribution in [0.25, 0.3) is 0 Å². The van der Waals surface area contributed by atoms with Crippen LogP contribution in [-0.4, -0.2) is 0 Å². The second kappa shape index (κ2) is 4.41. The van der Waals surface area contributed by atoms with Gasteiger partial charge in [-0.3, -0.25) is 0 Å². The van der Waals surface area contributed by atoms with E-state index in [-0.39, 0.29) is 11.4 Å². The van der Waals surface area contributed by atoms with E-state index in [1.165, 1.54) is 12.8 Å². The minimum absolute atomic E-state index is 0.145. The number of halogens is 1. The van der Waals surface area contributed by atoms with Crippen molar-refractivity contribution in [2.45, 2.75) is 45.6 Å².